The molecule has 0 radical (unpaired) electrons. The second-order valence-electron chi connectivity index (χ2n) is 3.91. The van der Waals surface area contributed by atoms with Crippen LogP contribution in [0, 0.1) is 5.41 Å². The lowest BCUT2D eigenvalue weighted by Gasteiger charge is -2.22. The molecule has 0 aliphatic heterocycles. The Hall–Kier alpha value is -0.370. The molecule has 68 valence electrons. The summed E-state index contributed by atoms with van der Waals surface area (Å²) in [5, 5.41) is 0. The first-order valence-electron chi connectivity index (χ1n) is 4.14. The van der Waals surface area contributed by atoms with E-state index in [4.69, 9.17) is 4.42 Å². The van der Waals surface area contributed by atoms with Crippen LogP contribution in [0.2, 0.25) is 0 Å². The fourth-order valence-corrected chi connectivity index (χ4v) is 2.27. The molecule has 0 aromatic carbocycles. The van der Waals surface area contributed by atoms with Crippen LogP contribution in [0.1, 0.15) is 19.4 Å². The molecular weight excluding hydrogens is 168 g/mol. The molecule has 0 saturated heterocycles. The minimum Gasteiger partial charge on any atom is -0.472 e. The molecule has 1 nitrogen and oxygen atoms in total. The molecule has 0 fully saturated rings. The highest BCUT2D eigenvalue weighted by Gasteiger charge is 2.17. The molecule has 0 N–H and O–H groups in total. The lowest BCUT2D eigenvalue weighted by Crippen LogP contribution is -2.17. The van der Waals surface area contributed by atoms with E-state index in [-0.39, 0.29) is 0 Å². The van der Waals surface area contributed by atoms with Gasteiger partial charge in [0.15, 0.2) is 0 Å². The van der Waals surface area contributed by atoms with Gasteiger partial charge in [0.2, 0.25) is 0 Å². The first-order valence-corrected chi connectivity index (χ1v) is 5.53. The summed E-state index contributed by atoms with van der Waals surface area (Å²) in [6.45, 7) is 4.58. The summed E-state index contributed by atoms with van der Waals surface area (Å²) in [6.07, 6.45) is 6.83. The summed E-state index contributed by atoms with van der Waals surface area (Å²) in [5.74, 6) is 1.19. The number of furan rings is 1. The van der Waals surface area contributed by atoms with Crippen LogP contribution in [0.25, 0.3) is 0 Å². The smallest absolute Gasteiger partial charge is 0.0934 e. The first kappa shape index (κ1) is 9.72. The summed E-state index contributed by atoms with van der Waals surface area (Å²) >= 11 is 1.90. The van der Waals surface area contributed by atoms with E-state index in [0.717, 1.165) is 6.42 Å². The Kier molecular flexibility index (Phi) is 3.27. The highest BCUT2D eigenvalue weighted by Crippen LogP contribution is 2.25. The van der Waals surface area contributed by atoms with Gasteiger partial charge in [-0.25, -0.2) is 0 Å². The number of rotatable bonds is 4. The van der Waals surface area contributed by atoms with Crippen LogP contribution in [0.3, 0.4) is 0 Å². The molecular formula is C10H16OS. The van der Waals surface area contributed by atoms with Crippen LogP contribution >= 0.6 is 11.8 Å². The molecule has 0 unspecified atom stereocenters. The molecule has 12 heavy (non-hydrogen) atoms. The lowest BCUT2D eigenvalue weighted by atomic mass is 9.89. The molecule has 1 aromatic heterocycles. The fourth-order valence-electron chi connectivity index (χ4n) is 1.39. The summed E-state index contributed by atoms with van der Waals surface area (Å²) in [5.41, 5.74) is 1.68. The largest absolute Gasteiger partial charge is 0.472 e. The van der Waals surface area contributed by atoms with E-state index < -0.39 is 0 Å². The fraction of sp³-hybridized carbons (Fsp3) is 0.600. The molecule has 1 heterocycles. The average molecular weight is 184 g/mol. The SMILES string of the molecule is CSCC(C)(C)Cc1ccoc1. The van der Waals surface area contributed by atoms with Gasteiger partial charge < -0.3 is 4.42 Å². The maximum Gasteiger partial charge on any atom is 0.0934 e. The monoisotopic (exact) mass is 184 g/mol. The zero-order valence-electron chi connectivity index (χ0n) is 7.96. The van der Waals surface area contributed by atoms with E-state index in [1.807, 2.05) is 24.1 Å². The zero-order valence-corrected chi connectivity index (χ0v) is 8.78. The van der Waals surface area contributed by atoms with Crippen molar-refractivity contribution < 1.29 is 4.42 Å². The molecule has 0 spiro atoms. The Labute approximate surface area is 78.5 Å². The Morgan fingerprint density at radius 3 is 2.75 bits per heavy atom. The van der Waals surface area contributed by atoms with Gasteiger partial charge >= 0.3 is 0 Å². The van der Waals surface area contributed by atoms with Crippen molar-refractivity contribution in [3.8, 4) is 0 Å². The van der Waals surface area contributed by atoms with E-state index in [2.05, 4.69) is 20.1 Å². The minimum atomic E-state index is 0.378. The average Bonchev–Trinajstić information content (AvgIpc) is 2.38. The van der Waals surface area contributed by atoms with Crippen molar-refractivity contribution in [1.82, 2.24) is 0 Å². The molecule has 0 aliphatic carbocycles. The highest BCUT2D eigenvalue weighted by atomic mass is 32.2. The predicted octanol–water partition coefficient (Wildman–Crippen LogP) is 3.21. The minimum absolute atomic E-state index is 0.378. The third kappa shape index (κ3) is 2.94. The Balaban J connectivity index is 2.50. The van der Waals surface area contributed by atoms with E-state index in [0.29, 0.717) is 5.41 Å². The molecule has 0 aliphatic rings. The van der Waals surface area contributed by atoms with E-state index in [1.165, 1.54) is 11.3 Å². The highest BCUT2D eigenvalue weighted by molar-refractivity contribution is 7.98. The van der Waals surface area contributed by atoms with Gasteiger partial charge in [-0.1, -0.05) is 13.8 Å². The van der Waals surface area contributed by atoms with Crippen molar-refractivity contribution in [2.45, 2.75) is 20.3 Å². The lowest BCUT2D eigenvalue weighted by molar-refractivity contribution is 0.419. The Bertz CT molecular complexity index is 214. The van der Waals surface area contributed by atoms with Crippen molar-refractivity contribution in [3.63, 3.8) is 0 Å². The summed E-state index contributed by atoms with van der Waals surface area (Å²) < 4.78 is 5.03. The summed E-state index contributed by atoms with van der Waals surface area (Å²) in [7, 11) is 0. The third-order valence-corrected chi connectivity index (χ3v) is 2.87. The second kappa shape index (κ2) is 4.04. The van der Waals surface area contributed by atoms with Crippen molar-refractivity contribution in [2.75, 3.05) is 12.0 Å². The Morgan fingerprint density at radius 1 is 1.50 bits per heavy atom. The van der Waals surface area contributed by atoms with Crippen molar-refractivity contribution >= 4 is 11.8 Å². The third-order valence-electron chi connectivity index (χ3n) is 1.80. The number of hydrogen-bond acceptors (Lipinski definition) is 2. The van der Waals surface area contributed by atoms with Gasteiger partial charge in [0.25, 0.3) is 0 Å². The summed E-state index contributed by atoms with van der Waals surface area (Å²) in [6, 6.07) is 2.04. The second-order valence-corrected chi connectivity index (χ2v) is 4.77. The summed E-state index contributed by atoms with van der Waals surface area (Å²) in [4.78, 5) is 0. The van der Waals surface area contributed by atoms with Crippen LogP contribution < -0.4 is 0 Å². The van der Waals surface area contributed by atoms with Gasteiger partial charge in [-0.2, -0.15) is 11.8 Å². The molecule has 1 rings (SSSR count). The standard InChI is InChI=1S/C10H16OS/c1-10(2,8-12-3)6-9-4-5-11-7-9/h4-5,7H,6,8H2,1-3H3. The van der Waals surface area contributed by atoms with Crippen LogP contribution in [0.4, 0.5) is 0 Å². The normalized spacial score (nSPS) is 11.9. The predicted molar refractivity (Wildman–Crippen MR) is 54.6 cm³/mol. The van der Waals surface area contributed by atoms with E-state index in [9.17, 15) is 0 Å². The van der Waals surface area contributed by atoms with Crippen molar-refractivity contribution in [2.24, 2.45) is 5.41 Å². The van der Waals surface area contributed by atoms with Crippen LogP contribution in [0.15, 0.2) is 23.0 Å². The maximum atomic E-state index is 5.03. The Morgan fingerprint density at radius 2 is 2.25 bits per heavy atom. The topological polar surface area (TPSA) is 13.1 Å². The zero-order chi connectivity index (χ0) is 9.03. The molecule has 0 saturated carbocycles. The number of hydrogen-bond donors (Lipinski definition) is 0. The van der Waals surface area contributed by atoms with E-state index >= 15 is 0 Å². The first-order chi connectivity index (χ1) is 5.64. The molecule has 2 heteroatoms. The van der Waals surface area contributed by atoms with Crippen LogP contribution in [-0.2, 0) is 6.42 Å². The molecule has 1 aromatic rings. The van der Waals surface area contributed by atoms with Gasteiger partial charge in [0.05, 0.1) is 12.5 Å². The van der Waals surface area contributed by atoms with Gasteiger partial charge in [-0.3, -0.25) is 0 Å². The number of thioether (sulfide) groups is 1. The maximum absolute atomic E-state index is 5.03. The van der Waals surface area contributed by atoms with Gasteiger partial charge in [-0.05, 0) is 35.5 Å². The van der Waals surface area contributed by atoms with Crippen molar-refractivity contribution in [1.29, 1.82) is 0 Å². The quantitative estimate of drug-likeness (QED) is 0.712. The van der Waals surface area contributed by atoms with Gasteiger partial charge in [0.1, 0.15) is 0 Å². The molecule has 0 amide bonds. The molecule has 0 bridgehead atoms. The van der Waals surface area contributed by atoms with Gasteiger partial charge in [-0.15, -0.1) is 0 Å². The van der Waals surface area contributed by atoms with Crippen LogP contribution in [0.5, 0.6) is 0 Å². The van der Waals surface area contributed by atoms with E-state index in [1.54, 1.807) is 6.26 Å². The van der Waals surface area contributed by atoms with Gasteiger partial charge in [0, 0.05) is 0 Å². The van der Waals surface area contributed by atoms with Crippen molar-refractivity contribution in [3.05, 3.63) is 24.2 Å². The van der Waals surface area contributed by atoms with Crippen LogP contribution in [-0.4, -0.2) is 12.0 Å². The molecule has 0 atom stereocenters.